The molecule has 0 bridgehead atoms. The third kappa shape index (κ3) is 2.22. The molecule has 17 heavy (non-hydrogen) atoms. The van der Waals surface area contributed by atoms with E-state index in [1.54, 1.807) is 6.07 Å². The third-order valence-corrected chi connectivity index (χ3v) is 2.48. The zero-order valence-electron chi connectivity index (χ0n) is 9.80. The Morgan fingerprint density at radius 3 is 2.88 bits per heavy atom. The van der Waals surface area contributed by atoms with Gasteiger partial charge in [0.2, 0.25) is 5.76 Å². The average molecular weight is 234 g/mol. The normalized spacial score (nSPS) is 10.7. The maximum atomic E-state index is 10.7. The summed E-state index contributed by atoms with van der Waals surface area (Å²) in [5.74, 6) is -0.570. The molecule has 2 heterocycles. The number of rotatable bonds is 4. The fraction of sp³-hybridized carbons (Fsp3) is 0.333. The fourth-order valence-electron chi connectivity index (χ4n) is 1.70. The van der Waals surface area contributed by atoms with Crippen LogP contribution >= 0.6 is 0 Å². The third-order valence-electron chi connectivity index (χ3n) is 2.48. The van der Waals surface area contributed by atoms with Crippen LogP contribution in [0.4, 0.5) is 0 Å². The molecular weight excluding hydrogens is 220 g/mol. The Morgan fingerprint density at radius 2 is 2.29 bits per heavy atom. The smallest absolute Gasteiger partial charge is 0.371 e. The van der Waals surface area contributed by atoms with E-state index in [0.29, 0.717) is 5.76 Å². The molecule has 0 aromatic carbocycles. The molecule has 1 N–H and O–H groups in total. The van der Waals surface area contributed by atoms with Gasteiger partial charge in [-0.25, -0.2) is 4.79 Å². The lowest BCUT2D eigenvalue weighted by atomic mass is 10.2. The molecule has 0 aliphatic heterocycles. The largest absolute Gasteiger partial charge is 0.475 e. The molecule has 0 atom stereocenters. The zero-order valence-corrected chi connectivity index (χ0v) is 9.80. The molecule has 0 fully saturated rings. The Hall–Kier alpha value is -2.04. The summed E-state index contributed by atoms with van der Waals surface area (Å²) >= 11 is 0. The van der Waals surface area contributed by atoms with Crippen LogP contribution in [0.5, 0.6) is 0 Å². The zero-order chi connectivity index (χ0) is 12.4. The van der Waals surface area contributed by atoms with Crippen molar-refractivity contribution in [1.29, 1.82) is 0 Å². The molecule has 0 saturated heterocycles. The molecule has 0 spiro atoms. The number of carboxylic acid groups (broad SMARTS) is 1. The van der Waals surface area contributed by atoms with Crippen molar-refractivity contribution in [1.82, 2.24) is 9.78 Å². The van der Waals surface area contributed by atoms with Gasteiger partial charge in [-0.15, -0.1) is 0 Å². The summed E-state index contributed by atoms with van der Waals surface area (Å²) in [7, 11) is 0. The average Bonchev–Trinajstić information content (AvgIpc) is 2.85. The van der Waals surface area contributed by atoms with Gasteiger partial charge in [0.25, 0.3) is 0 Å². The maximum absolute atomic E-state index is 10.7. The van der Waals surface area contributed by atoms with Crippen molar-refractivity contribution in [3.8, 4) is 11.3 Å². The quantitative estimate of drug-likeness (QED) is 0.882. The summed E-state index contributed by atoms with van der Waals surface area (Å²) in [6.07, 6.45) is 2.88. The molecule has 0 amide bonds. The van der Waals surface area contributed by atoms with Crippen molar-refractivity contribution in [3.05, 3.63) is 29.8 Å². The molecule has 0 saturated carbocycles. The van der Waals surface area contributed by atoms with Gasteiger partial charge < -0.3 is 9.52 Å². The van der Waals surface area contributed by atoms with Gasteiger partial charge in [0.05, 0.1) is 11.3 Å². The number of aromatic nitrogens is 2. The number of hydrogen-bond donors (Lipinski definition) is 1. The van der Waals surface area contributed by atoms with Crippen molar-refractivity contribution >= 4 is 5.97 Å². The molecule has 0 aliphatic rings. The molecule has 2 aromatic rings. The molecule has 0 radical (unpaired) electrons. The number of carbonyl (C=O) groups is 1. The standard InChI is InChI=1S/C12H14N2O3/c1-3-6-14-7-9(8(2)13-14)10-4-5-11(17-10)12(15)16/h4-5,7H,3,6H2,1-2H3,(H,15,16). The Morgan fingerprint density at radius 1 is 1.53 bits per heavy atom. The van der Waals surface area contributed by atoms with Gasteiger partial charge >= 0.3 is 5.97 Å². The number of aryl methyl sites for hydroxylation is 2. The number of hydrogen-bond acceptors (Lipinski definition) is 3. The van der Waals surface area contributed by atoms with Crippen molar-refractivity contribution in [2.75, 3.05) is 0 Å². The Bertz CT molecular complexity index is 540. The summed E-state index contributed by atoms with van der Waals surface area (Å²) in [6.45, 7) is 4.80. The minimum Gasteiger partial charge on any atom is -0.475 e. The highest BCUT2D eigenvalue weighted by atomic mass is 16.4. The number of carboxylic acids is 1. The van der Waals surface area contributed by atoms with Crippen molar-refractivity contribution < 1.29 is 14.3 Å². The van der Waals surface area contributed by atoms with Gasteiger partial charge in [-0.3, -0.25) is 4.68 Å². The van der Waals surface area contributed by atoms with Gasteiger partial charge in [-0.05, 0) is 25.5 Å². The summed E-state index contributed by atoms with van der Waals surface area (Å²) < 4.78 is 7.09. The predicted octanol–water partition coefficient (Wildman–Crippen LogP) is 2.56. The van der Waals surface area contributed by atoms with E-state index in [9.17, 15) is 4.79 Å². The first-order valence-corrected chi connectivity index (χ1v) is 5.49. The van der Waals surface area contributed by atoms with E-state index >= 15 is 0 Å². The van der Waals surface area contributed by atoms with Gasteiger partial charge in [0.1, 0.15) is 5.76 Å². The van der Waals surface area contributed by atoms with Gasteiger partial charge in [0, 0.05) is 12.7 Å². The Balaban J connectivity index is 2.34. The van der Waals surface area contributed by atoms with E-state index in [2.05, 4.69) is 12.0 Å². The summed E-state index contributed by atoms with van der Waals surface area (Å²) in [6, 6.07) is 3.11. The number of nitrogens with zero attached hydrogens (tertiary/aromatic N) is 2. The first-order valence-electron chi connectivity index (χ1n) is 5.49. The monoisotopic (exact) mass is 234 g/mol. The lowest BCUT2D eigenvalue weighted by Gasteiger charge is -1.94. The topological polar surface area (TPSA) is 68.3 Å². The Labute approximate surface area is 98.7 Å². The summed E-state index contributed by atoms with van der Waals surface area (Å²) in [4.78, 5) is 10.7. The summed E-state index contributed by atoms with van der Waals surface area (Å²) in [5.41, 5.74) is 1.68. The van der Waals surface area contributed by atoms with E-state index in [-0.39, 0.29) is 5.76 Å². The molecule has 0 unspecified atom stereocenters. The van der Waals surface area contributed by atoms with E-state index in [1.165, 1.54) is 6.07 Å². The molecule has 2 rings (SSSR count). The highest BCUT2D eigenvalue weighted by Crippen LogP contribution is 2.24. The Kier molecular flexibility index (Phi) is 2.99. The van der Waals surface area contributed by atoms with Gasteiger partial charge in [0.15, 0.2) is 0 Å². The van der Waals surface area contributed by atoms with Crippen LogP contribution in [0, 0.1) is 6.92 Å². The molecule has 5 nitrogen and oxygen atoms in total. The van der Waals surface area contributed by atoms with E-state index in [0.717, 1.165) is 24.2 Å². The number of aromatic carboxylic acids is 1. The highest BCUT2D eigenvalue weighted by Gasteiger charge is 2.14. The van der Waals surface area contributed by atoms with Crippen molar-refractivity contribution in [3.63, 3.8) is 0 Å². The number of furan rings is 1. The molecule has 0 aliphatic carbocycles. The molecule has 2 aromatic heterocycles. The first-order chi connectivity index (χ1) is 8.11. The second-order valence-electron chi connectivity index (χ2n) is 3.86. The van der Waals surface area contributed by atoms with Crippen LogP contribution < -0.4 is 0 Å². The highest BCUT2D eigenvalue weighted by molar-refractivity contribution is 5.85. The SMILES string of the molecule is CCCn1cc(-c2ccc(C(=O)O)o2)c(C)n1. The maximum Gasteiger partial charge on any atom is 0.371 e. The fourth-order valence-corrected chi connectivity index (χ4v) is 1.70. The van der Waals surface area contributed by atoms with Crippen LogP contribution in [0.25, 0.3) is 11.3 Å². The van der Waals surface area contributed by atoms with E-state index in [4.69, 9.17) is 9.52 Å². The van der Waals surface area contributed by atoms with Gasteiger partial charge in [-0.1, -0.05) is 6.92 Å². The molecule has 90 valence electrons. The van der Waals surface area contributed by atoms with Crippen LogP contribution in [0.3, 0.4) is 0 Å². The van der Waals surface area contributed by atoms with Crippen LogP contribution in [-0.4, -0.2) is 20.9 Å². The van der Waals surface area contributed by atoms with Crippen LogP contribution in [-0.2, 0) is 6.54 Å². The van der Waals surface area contributed by atoms with Crippen LogP contribution in [0.15, 0.2) is 22.7 Å². The second kappa shape index (κ2) is 4.45. The second-order valence-corrected chi connectivity index (χ2v) is 3.86. The first kappa shape index (κ1) is 11.4. The van der Waals surface area contributed by atoms with Crippen molar-refractivity contribution in [2.45, 2.75) is 26.8 Å². The molecular formula is C12H14N2O3. The molecule has 5 heteroatoms. The van der Waals surface area contributed by atoms with Crippen LogP contribution in [0.2, 0.25) is 0 Å². The predicted molar refractivity (Wildman–Crippen MR) is 61.9 cm³/mol. The minimum absolute atomic E-state index is 0.0531. The van der Waals surface area contributed by atoms with Crippen molar-refractivity contribution in [2.24, 2.45) is 0 Å². The lowest BCUT2D eigenvalue weighted by Crippen LogP contribution is -1.96. The van der Waals surface area contributed by atoms with Crippen LogP contribution in [0.1, 0.15) is 29.6 Å². The van der Waals surface area contributed by atoms with E-state index in [1.807, 2.05) is 17.8 Å². The minimum atomic E-state index is -1.06. The summed E-state index contributed by atoms with van der Waals surface area (Å²) in [5, 5.41) is 13.1. The van der Waals surface area contributed by atoms with E-state index < -0.39 is 5.97 Å². The van der Waals surface area contributed by atoms with Gasteiger partial charge in [-0.2, -0.15) is 5.10 Å². The lowest BCUT2D eigenvalue weighted by molar-refractivity contribution is 0.0663.